The average molecular weight is 443 g/mol. The van der Waals surface area contributed by atoms with Gasteiger partial charge in [-0.3, -0.25) is 14.9 Å². The van der Waals surface area contributed by atoms with Crippen LogP contribution in [0.5, 0.6) is 0 Å². The van der Waals surface area contributed by atoms with Crippen LogP contribution in [0.25, 0.3) is 0 Å². The number of piperidine rings is 1. The Morgan fingerprint density at radius 3 is 2.85 bits per heavy atom. The number of hydrogen-bond acceptors (Lipinski definition) is 3. The van der Waals surface area contributed by atoms with Gasteiger partial charge in [-0.15, -0.1) is 17.7 Å². The number of rotatable bonds is 2. The molecule has 0 saturated carbocycles. The molecule has 106 valence electrons. The van der Waals surface area contributed by atoms with Gasteiger partial charge < -0.3 is 10.1 Å². The summed E-state index contributed by atoms with van der Waals surface area (Å²) < 4.78 is 0. The monoisotopic (exact) mass is 443 g/mol. The summed E-state index contributed by atoms with van der Waals surface area (Å²) in [6, 6.07) is -0.652. The van der Waals surface area contributed by atoms with E-state index in [1.165, 1.54) is 0 Å². The second-order valence-corrected chi connectivity index (χ2v) is 4.62. The molecule has 1 unspecified atom stereocenters. The summed E-state index contributed by atoms with van der Waals surface area (Å²) in [7, 11) is 0. The molecule has 0 aromatic heterocycles. The fraction of sp³-hybridized carbons (Fsp3) is 0.357. The van der Waals surface area contributed by atoms with Gasteiger partial charge in [-0.25, -0.2) is 0 Å². The van der Waals surface area contributed by atoms with Gasteiger partial charge in [-0.05, 0) is 19.8 Å². The molecule has 0 spiro atoms. The van der Waals surface area contributed by atoms with E-state index in [4.69, 9.17) is 0 Å². The minimum absolute atomic E-state index is 0. The standard InChI is InChI=1S/C14H15N2O3.W/c1-9-3-2-4-10(6-5-9)13(18)15-11-7-8-12(17)16-14(11)19;/h2,5-6,11H,3,7-8H2,1H3,(H,15,18)(H,16,17,19);/q-1;. The Labute approximate surface area is 131 Å². The molecule has 1 saturated heterocycles. The zero-order valence-electron chi connectivity index (χ0n) is 11.1. The van der Waals surface area contributed by atoms with E-state index >= 15 is 0 Å². The van der Waals surface area contributed by atoms with Crippen molar-refractivity contribution in [2.45, 2.75) is 32.2 Å². The Morgan fingerprint density at radius 1 is 1.40 bits per heavy atom. The molecule has 5 nitrogen and oxygen atoms in total. The summed E-state index contributed by atoms with van der Waals surface area (Å²) in [4.78, 5) is 34.5. The van der Waals surface area contributed by atoms with Crippen molar-refractivity contribution in [3.05, 3.63) is 35.5 Å². The third-order valence-electron chi connectivity index (χ3n) is 3.01. The molecule has 1 aliphatic heterocycles. The van der Waals surface area contributed by atoms with Crippen LogP contribution in [-0.2, 0) is 35.4 Å². The van der Waals surface area contributed by atoms with Crippen molar-refractivity contribution in [2.75, 3.05) is 0 Å². The largest absolute Gasteiger partial charge is 0.394 e. The van der Waals surface area contributed by atoms with Crippen LogP contribution in [0.4, 0.5) is 0 Å². The van der Waals surface area contributed by atoms with Crippen LogP contribution in [0.1, 0.15) is 26.2 Å². The van der Waals surface area contributed by atoms with E-state index in [2.05, 4.69) is 16.7 Å². The van der Waals surface area contributed by atoms with Gasteiger partial charge in [0.1, 0.15) is 5.91 Å². The van der Waals surface area contributed by atoms with Crippen LogP contribution in [0, 0.1) is 6.08 Å². The molecule has 3 amide bonds. The van der Waals surface area contributed by atoms with E-state index in [1.54, 1.807) is 12.2 Å². The first-order valence-corrected chi connectivity index (χ1v) is 6.16. The maximum Gasteiger partial charge on any atom is 0.248 e. The number of carbonyl (C=O) groups excluding carboxylic acids is 3. The fourth-order valence-electron chi connectivity index (χ4n) is 1.87. The fourth-order valence-corrected chi connectivity index (χ4v) is 1.87. The molecule has 2 rings (SSSR count). The maximum absolute atomic E-state index is 12.0. The number of carbonyl (C=O) groups is 3. The number of allylic oxidation sites excluding steroid dienone is 4. The van der Waals surface area contributed by atoms with Crippen molar-refractivity contribution in [3.63, 3.8) is 0 Å². The molecule has 0 aromatic rings. The SMILES string of the molecule is CC1=CC=C(C(=O)NC2CCC(=O)NC2=O)[C-]=CC1.[W]. The third kappa shape index (κ3) is 4.27. The van der Waals surface area contributed by atoms with Crippen molar-refractivity contribution in [1.82, 2.24) is 10.6 Å². The summed E-state index contributed by atoms with van der Waals surface area (Å²) in [5.41, 5.74) is 1.53. The quantitative estimate of drug-likeness (QED) is 0.484. The molecule has 20 heavy (non-hydrogen) atoms. The summed E-state index contributed by atoms with van der Waals surface area (Å²) in [6.07, 6.45) is 9.56. The number of hydrogen-bond donors (Lipinski definition) is 2. The van der Waals surface area contributed by atoms with Gasteiger partial charge >= 0.3 is 0 Å². The van der Waals surface area contributed by atoms with Crippen molar-refractivity contribution in [1.29, 1.82) is 0 Å². The van der Waals surface area contributed by atoms with Crippen LogP contribution >= 0.6 is 0 Å². The molecular weight excluding hydrogens is 428 g/mol. The van der Waals surface area contributed by atoms with Crippen LogP contribution in [0.15, 0.2) is 29.4 Å². The average Bonchev–Trinajstić information content (AvgIpc) is 2.57. The van der Waals surface area contributed by atoms with Gasteiger partial charge in [0.05, 0.1) is 6.04 Å². The van der Waals surface area contributed by atoms with Crippen LogP contribution < -0.4 is 10.6 Å². The van der Waals surface area contributed by atoms with Gasteiger partial charge in [0.25, 0.3) is 0 Å². The van der Waals surface area contributed by atoms with E-state index in [0.29, 0.717) is 12.0 Å². The first kappa shape index (κ1) is 16.6. The van der Waals surface area contributed by atoms with Crippen molar-refractivity contribution >= 4 is 17.7 Å². The van der Waals surface area contributed by atoms with E-state index < -0.39 is 11.9 Å². The predicted octanol–water partition coefficient (Wildman–Crippen LogP) is 0.541. The van der Waals surface area contributed by atoms with E-state index in [1.807, 2.05) is 13.0 Å². The zero-order valence-corrected chi connectivity index (χ0v) is 14.0. The number of imide groups is 1. The van der Waals surface area contributed by atoms with Crippen molar-refractivity contribution in [3.8, 4) is 0 Å². The minimum atomic E-state index is -0.652. The molecule has 6 heteroatoms. The molecular formula is C14H15N2O3W-. The molecule has 2 N–H and O–H groups in total. The second kappa shape index (κ2) is 7.34. The Balaban J connectivity index is 0.00000200. The molecule has 1 fully saturated rings. The van der Waals surface area contributed by atoms with Crippen LogP contribution in [0.3, 0.4) is 0 Å². The van der Waals surface area contributed by atoms with Gasteiger partial charge in [0, 0.05) is 27.5 Å². The van der Waals surface area contributed by atoms with Crippen molar-refractivity contribution < 1.29 is 35.4 Å². The zero-order chi connectivity index (χ0) is 13.8. The number of amides is 3. The van der Waals surface area contributed by atoms with E-state index in [9.17, 15) is 14.4 Å². The van der Waals surface area contributed by atoms with E-state index in [-0.39, 0.29) is 39.3 Å². The Kier molecular flexibility index (Phi) is 6.08. The minimum Gasteiger partial charge on any atom is -0.394 e. The molecule has 2 aliphatic rings. The molecule has 0 radical (unpaired) electrons. The summed E-state index contributed by atoms with van der Waals surface area (Å²) >= 11 is 0. The van der Waals surface area contributed by atoms with Crippen molar-refractivity contribution in [2.24, 2.45) is 0 Å². The van der Waals surface area contributed by atoms with Gasteiger partial charge in [-0.1, -0.05) is 5.57 Å². The second-order valence-electron chi connectivity index (χ2n) is 4.62. The van der Waals surface area contributed by atoms with Gasteiger partial charge in [-0.2, -0.15) is 12.2 Å². The van der Waals surface area contributed by atoms with Crippen LogP contribution in [0.2, 0.25) is 0 Å². The molecule has 1 aliphatic carbocycles. The maximum atomic E-state index is 12.0. The number of nitrogens with one attached hydrogen (secondary N) is 2. The Bertz CT molecular complexity index is 521. The first-order chi connectivity index (χ1) is 9.06. The normalized spacial score (nSPS) is 21.9. The first-order valence-electron chi connectivity index (χ1n) is 6.16. The molecule has 1 heterocycles. The summed E-state index contributed by atoms with van der Waals surface area (Å²) in [6.45, 7) is 1.97. The Morgan fingerprint density at radius 2 is 2.15 bits per heavy atom. The van der Waals surface area contributed by atoms with Gasteiger partial charge in [0.2, 0.25) is 11.8 Å². The molecule has 0 bridgehead atoms. The summed E-state index contributed by atoms with van der Waals surface area (Å²) in [5.74, 6) is -1.10. The molecule has 0 aromatic carbocycles. The molecule has 1 atom stereocenters. The van der Waals surface area contributed by atoms with E-state index in [0.717, 1.165) is 12.0 Å². The van der Waals surface area contributed by atoms with Crippen LogP contribution in [-0.4, -0.2) is 23.8 Å². The summed E-state index contributed by atoms with van der Waals surface area (Å²) in [5, 5.41) is 4.82. The smallest absolute Gasteiger partial charge is 0.248 e. The predicted molar refractivity (Wildman–Crippen MR) is 68.6 cm³/mol. The topological polar surface area (TPSA) is 75.3 Å². The Hall–Kier alpha value is -1.48. The van der Waals surface area contributed by atoms with Gasteiger partial charge in [0.15, 0.2) is 0 Å². The third-order valence-corrected chi connectivity index (χ3v) is 3.01.